The lowest BCUT2D eigenvalue weighted by molar-refractivity contribution is -0.142. The van der Waals surface area contributed by atoms with Gasteiger partial charge >= 0.3 is 12.1 Å². The van der Waals surface area contributed by atoms with Crippen LogP contribution < -0.4 is 5.32 Å². The van der Waals surface area contributed by atoms with Gasteiger partial charge in [0.25, 0.3) is 0 Å². The van der Waals surface area contributed by atoms with Crippen LogP contribution in [0.1, 0.15) is 22.4 Å². The molecule has 2 heterocycles. The van der Waals surface area contributed by atoms with Crippen LogP contribution in [0.2, 0.25) is 0 Å². The molecule has 8 nitrogen and oxygen atoms in total. The number of amides is 1. The van der Waals surface area contributed by atoms with E-state index in [1.165, 1.54) is 24.3 Å². The van der Waals surface area contributed by atoms with Crippen molar-refractivity contribution in [2.24, 2.45) is 0 Å². The van der Waals surface area contributed by atoms with E-state index in [0.29, 0.717) is 26.1 Å². The number of alkyl halides is 3. The average molecular weight is 508 g/mol. The first-order valence-electron chi connectivity index (χ1n) is 11.7. The summed E-state index contributed by atoms with van der Waals surface area (Å²) in [5.41, 5.74) is 1.90. The number of anilines is 1. The SMILES string of the molecule is COC(=O)CN1CCc2c(cccc2NCC(=O)N(CCN(C)C)Cc2ncccc2C(F)(F)F)C1. The Balaban J connectivity index is 1.71. The molecule has 0 atom stereocenters. The van der Waals surface area contributed by atoms with Crippen LogP contribution in [0.5, 0.6) is 0 Å². The number of methoxy groups -OCH3 is 1. The molecule has 1 N–H and O–H groups in total. The van der Waals surface area contributed by atoms with Gasteiger partial charge in [0.15, 0.2) is 0 Å². The molecule has 0 saturated carbocycles. The fourth-order valence-electron chi connectivity index (χ4n) is 4.11. The van der Waals surface area contributed by atoms with E-state index in [1.807, 2.05) is 42.1 Å². The summed E-state index contributed by atoms with van der Waals surface area (Å²) in [6.45, 7) is 1.92. The molecule has 1 amide bonds. The monoisotopic (exact) mass is 507 g/mol. The Morgan fingerprint density at radius 3 is 2.64 bits per heavy atom. The highest BCUT2D eigenvalue weighted by atomic mass is 19.4. The lowest BCUT2D eigenvalue weighted by Crippen LogP contribution is -2.40. The number of aromatic nitrogens is 1. The molecule has 0 radical (unpaired) electrons. The minimum absolute atomic E-state index is 0.0655. The molecule has 0 spiro atoms. The second-order valence-corrected chi connectivity index (χ2v) is 8.95. The summed E-state index contributed by atoms with van der Waals surface area (Å²) >= 11 is 0. The van der Waals surface area contributed by atoms with Gasteiger partial charge in [-0.3, -0.25) is 19.5 Å². The number of nitrogens with zero attached hydrogens (tertiary/aromatic N) is 4. The standard InChI is InChI=1S/C25H32F3N5O3/c1-31(2)12-13-33(16-22-20(25(26,27)28)7-5-10-29-22)23(34)14-30-21-8-4-6-18-15-32(11-9-19(18)21)17-24(35)36-3/h4-8,10,30H,9,11-17H2,1-3H3. The molecule has 196 valence electrons. The molecular formula is C25H32F3N5O3. The average Bonchev–Trinajstić information content (AvgIpc) is 2.84. The molecule has 36 heavy (non-hydrogen) atoms. The molecule has 2 aromatic rings. The van der Waals surface area contributed by atoms with Crippen molar-refractivity contribution >= 4 is 17.6 Å². The number of halogens is 3. The van der Waals surface area contributed by atoms with Crippen molar-refractivity contribution in [1.29, 1.82) is 0 Å². The van der Waals surface area contributed by atoms with Gasteiger partial charge in [-0.05, 0) is 49.8 Å². The number of hydrogen-bond acceptors (Lipinski definition) is 7. The molecule has 0 unspecified atom stereocenters. The van der Waals surface area contributed by atoms with Crippen molar-refractivity contribution < 1.29 is 27.5 Å². The number of hydrogen-bond donors (Lipinski definition) is 1. The van der Waals surface area contributed by atoms with Crippen LogP contribution in [-0.4, -0.2) is 85.5 Å². The van der Waals surface area contributed by atoms with Crippen LogP contribution in [0.15, 0.2) is 36.5 Å². The summed E-state index contributed by atoms with van der Waals surface area (Å²) in [6, 6.07) is 7.96. The number of esters is 1. The van der Waals surface area contributed by atoms with Crippen molar-refractivity contribution in [3.63, 3.8) is 0 Å². The van der Waals surface area contributed by atoms with E-state index < -0.39 is 11.7 Å². The van der Waals surface area contributed by atoms with Crippen LogP contribution in [0, 0.1) is 0 Å². The molecule has 1 aliphatic heterocycles. The third-order valence-electron chi connectivity index (χ3n) is 6.06. The number of pyridine rings is 1. The number of benzene rings is 1. The Labute approximate surface area is 209 Å². The number of carbonyl (C=O) groups is 2. The van der Waals surface area contributed by atoms with Gasteiger partial charge in [0.05, 0.1) is 38.0 Å². The minimum atomic E-state index is -4.55. The van der Waals surface area contributed by atoms with Crippen LogP contribution >= 0.6 is 0 Å². The predicted octanol–water partition coefficient (Wildman–Crippen LogP) is 2.63. The molecule has 0 bridgehead atoms. The first-order chi connectivity index (χ1) is 17.1. The topological polar surface area (TPSA) is 78.0 Å². The minimum Gasteiger partial charge on any atom is -0.468 e. The molecule has 11 heteroatoms. The zero-order valence-electron chi connectivity index (χ0n) is 20.8. The van der Waals surface area contributed by atoms with Crippen LogP contribution in [0.3, 0.4) is 0 Å². The third kappa shape index (κ3) is 7.41. The summed E-state index contributed by atoms with van der Waals surface area (Å²) in [7, 11) is 5.03. The van der Waals surface area contributed by atoms with Gasteiger partial charge in [0.2, 0.25) is 5.91 Å². The van der Waals surface area contributed by atoms with Gasteiger partial charge in [-0.15, -0.1) is 0 Å². The third-order valence-corrected chi connectivity index (χ3v) is 6.06. The second kappa shape index (κ2) is 12.2. The van der Waals surface area contributed by atoms with E-state index in [-0.39, 0.29) is 43.7 Å². The number of rotatable bonds is 10. The molecule has 0 fully saturated rings. The van der Waals surface area contributed by atoms with Crippen molar-refractivity contribution in [3.05, 3.63) is 58.9 Å². The van der Waals surface area contributed by atoms with Crippen molar-refractivity contribution in [3.8, 4) is 0 Å². The summed E-state index contributed by atoms with van der Waals surface area (Å²) in [4.78, 5) is 33.9. The number of ether oxygens (including phenoxy) is 1. The van der Waals surface area contributed by atoms with Gasteiger partial charge in [-0.25, -0.2) is 0 Å². The molecule has 1 aromatic heterocycles. The van der Waals surface area contributed by atoms with E-state index in [0.717, 1.165) is 22.9 Å². The first-order valence-corrected chi connectivity index (χ1v) is 11.7. The lowest BCUT2D eigenvalue weighted by Gasteiger charge is -2.30. The van der Waals surface area contributed by atoms with Gasteiger partial charge in [0.1, 0.15) is 0 Å². The zero-order valence-corrected chi connectivity index (χ0v) is 20.8. The molecular weight excluding hydrogens is 475 g/mol. The number of nitrogens with one attached hydrogen (secondary N) is 1. The first kappa shape index (κ1) is 27.4. The maximum Gasteiger partial charge on any atom is 0.418 e. The Morgan fingerprint density at radius 2 is 1.94 bits per heavy atom. The van der Waals surface area contributed by atoms with E-state index in [2.05, 4.69) is 10.3 Å². The largest absolute Gasteiger partial charge is 0.468 e. The molecule has 0 saturated heterocycles. The normalized spacial score (nSPS) is 13.9. The van der Waals surface area contributed by atoms with E-state index in [9.17, 15) is 22.8 Å². The molecule has 1 aromatic carbocycles. The highest BCUT2D eigenvalue weighted by Gasteiger charge is 2.34. The summed E-state index contributed by atoms with van der Waals surface area (Å²) in [5.74, 6) is -0.617. The summed E-state index contributed by atoms with van der Waals surface area (Å²) in [6.07, 6.45) is -2.56. The smallest absolute Gasteiger partial charge is 0.418 e. The van der Waals surface area contributed by atoms with Crippen LogP contribution in [0.4, 0.5) is 18.9 Å². The predicted molar refractivity (Wildman–Crippen MR) is 129 cm³/mol. The fourth-order valence-corrected chi connectivity index (χ4v) is 4.11. The van der Waals surface area contributed by atoms with E-state index in [1.54, 1.807) is 0 Å². The molecule has 3 rings (SSSR count). The van der Waals surface area contributed by atoms with Crippen LogP contribution in [-0.2, 0) is 40.0 Å². The molecule has 1 aliphatic rings. The van der Waals surface area contributed by atoms with Gasteiger partial charge in [-0.2, -0.15) is 13.2 Å². The quantitative estimate of drug-likeness (QED) is 0.496. The van der Waals surface area contributed by atoms with Gasteiger partial charge in [0, 0.05) is 38.1 Å². The van der Waals surface area contributed by atoms with Gasteiger partial charge < -0.3 is 19.9 Å². The Bertz CT molecular complexity index is 1060. The zero-order chi connectivity index (χ0) is 26.3. The van der Waals surface area contributed by atoms with Crippen LogP contribution in [0.25, 0.3) is 0 Å². The molecule has 0 aliphatic carbocycles. The number of likely N-dealkylation sites (N-methyl/N-ethyl adjacent to an activating group) is 1. The Kier molecular flexibility index (Phi) is 9.27. The highest BCUT2D eigenvalue weighted by molar-refractivity contribution is 5.81. The fraction of sp³-hybridized carbons (Fsp3) is 0.480. The number of carbonyl (C=O) groups excluding carboxylic acids is 2. The van der Waals surface area contributed by atoms with Crippen molar-refractivity contribution in [2.45, 2.75) is 25.7 Å². The van der Waals surface area contributed by atoms with Crippen molar-refractivity contribution in [1.82, 2.24) is 19.7 Å². The summed E-state index contributed by atoms with van der Waals surface area (Å²) in [5, 5.41) is 3.18. The Morgan fingerprint density at radius 1 is 1.17 bits per heavy atom. The van der Waals surface area contributed by atoms with Crippen molar-refractivity contribution in [2.75, 3.05) is 59.2 Å². The second-order valence-electron chi connectivity index (χ2n) is 8.95. The lowest BCUT2D eigenvalue weighted by atomic mass is 9.97. The van der Waals surface area contributed by atoms with Gasteiger partial charge in [-0.1, -0.05) is 12.1 Å². The van der Waals surface area contributed by atoms with E-state index >= 15 is 0 Å². The maximum atomic E-state index is 13.5. The number of fused-ring (bicyclic) bond motifs is 1. The maximum absolute atomic E-state index is 13.5. The summed E-state index contributed by atoms with van der Waals surface area (Å²) < 4.78 is 45.2. The van der Waals surface area contributed by atoms with E-state index in [4.69, 9.17) is 4.74 Å². The highest BCUT2D eigenvalue weighted by Crippen LogP contribution is 2.31. The Hall–Kier alpha value is -3.18.